The number of nitrogens with zero attached hydrogens (tertiary/aromatic N) is 3. The van der Waals surface area contributed by atoms with Crippen molar-refractivity contribution in [3.63, 3.8) is 0 Å². The van der Waals surface area contributed by atoms with Crippen molar-refractivity contribution in [2.45, 2.75) is 13.5 Å². The van der Waals surface area contributed by atoms with Gasteiger partial charge in [-0.15, -0.1) is 5.10 Å². The summed E-state index contributed by atoms with van der Waals surface area (Å²) in [5.41, 5.74) is 1.99. The standard InChI is InChI=1S/C16H16N4O2/c1-12(21)13-5-4-6-14(11-13)17-8-10-20-16(22)19-9-3-2-7-15(19)18-20/h2-7,9,11,17H,8,10H2,1H3. The van der Waals surface area contributed by atoms with Gasteiger partial charge in [0, 0.05) is 24.0 Å². The number of carbonyl (C=O) groups is 1. The first kappa shape index (κ1) is 14.1. The van der Waals surface area contributed by atoms with Crippen LogP contribution in [0.5, 0.6) is 0 Å². The highest BCUT2D eigenvalue weighted by molar-refractivity contribution is 5.94. The topological polar surface area (TPSA) is 68.4 Å². The van der Waals surface area contributed by atoms with Crippen molar-refractivity contribution >= 4 is 17.1 Å². The molecule has 0 atom stereocenters. The van der Waals surface area contributed by atoms with Crippen LogP contribution < -0.4 is 11.0 Å². The largest absolute Gasteiger partial charge is 0.383 e. The van der Waals surface area contributed by atoms with Crippen molar-refractivity contribution in [3.8, 4) is 0 Å². The van der Waals surface area contributed by atoms with Crippen LogP contribution in [0.3, 0.4) is 0 Å². The maximum atomic E-state index is 12.1. The molecule has 0 radical (unpaired) electrons. The van der Waals surface area contributed by atoms with Gasteiger partial charge in [-0.1, -0.05) is 18.2 Å². The Balaban J connectivity index is 1.70. The summed E-state index contributed by atoms with van der Waals surface area (Å²) in [6.45, 7) is 2.53. The first-order chi connectivity index (χ1) is 10.6. The highest BCUT2D eigenvalue weighted by Crippen LogP contribution is 2.10. The van der Waals surface area contributed by atoms with Gasteiger partial charge in [0.05, 0.1) is 6.54 Å². The van der Waals surface area contributed by atoms with Crippen molar-refractivity contribution in [1.29, 1.82) is 0 Å². The molecule has 0 aliphatic carbocycles. The molecular weight excluding hydrogens is 280 g/mol. The van der Waals surface area contributed by atoms with Crippen LogP contribution in [0.1, 0.15) is 17.3 Å². The number of ketones is 1. The lowest BCUT2D eigenvalue weighted by Gasteiger charge is -2.06. The summed E-state index contributed by atoms with van der Waals surface area (Å²) in [6.07, 6.45) is 1.70. The molecule has 6 nitrogen and oxygen atoms in total. The highest BCUT2D eigenvalue weighted by atomic mass is 16.2. The Labute approximate surface area is 127 Å². The number of carbonyl (C=O) groups excluding carboxylic acids is 1. The van der Waals surface area contributed by atoms with E-state index < -0.39 is 0 Å². The van der Waals surface area contributed by atoms with Gasteiger partial charge in [-0.2, -0.15) is 0 Å². The van der Waals surface area contributed by atoms with Crippen molar-refractivity contribution in [2.24, 2.45) is 0 Å². The molecule has 0 spiro atoms. The van der Waals surface area contributed by atoms with E-state index in [4.69, 9.17) is 0 Å². The quantitative estimate of drug-likeness (QED) is 0.729. The first-order valence-electron chi connectivity index (χ1n) is 7.04. The number of rotatable bonds is 5. The Hall–Kier alpha value is -2.89. The maximum Gasteiger partial charge on any atom is 0.350 e. The van der Waals surface area contributed by atoms with E-state index in [1.807, 2.05) is 18.2 Å². The molecule has 0 unspecified atom stereocenters. The predicted octanol–water partition coefficient (Wildman–Crippen LogP) is 1.81. The van der Waals surface area contributed by atoms with E-state index in [9.17, 15) is 9.59 Å². The normalized spacial score (nSPS) is 10.8. The van der Waals surface area contributed by atoms with Gasteiger partial charge in [-0.25, -0.2) is 9.48 Å². The third-order valence-electron chi connectivity index (χ3n) is 3.41. The molecule has 0 saturated heterocycles. The first-order valence-corrected chi connectivity index (χ1v) is 7.04. The molecule has 1 N–H and O–H groups in total. The van der Waals surface area contributed by atoms with E-state index in [0.717, 1.165) is 5.69 Å². The van der Waals surface area contributed by atoms with E-state index in [1.54, 1.807) is 30.5 Å². The van der Waals surface area contributed by atoms with E-state index in [0.29, 0.717) is 24.3 Å². The van der Waals surface area contributed by atoms with Crippen molar-refractivity contribution < 1.29 is 4.79 Å². The molecule has 22 heavy (non-hydrogen) atoms. The van der Waals surface area contributed by atoms with Gasteiger partial charge in [0.25, 0.3) is 0 Å². The van der Waals surface area contributed by atoms with Crippen LogP contribution in [0, 0.1) is 0 Å². The Morgan fingerprint density at radius 1 is 1.23 bits per heavy atom. The lowest BCUT2D eigenvalue weighted by atomic mass is 10.1. The van der Waals surface area contributed by atoms with Gasteiger partial charge >= 0.3 is 5.69 Å². The fourth-order valence-electron chi connectivity index (χ4n) is 2.27. The molecule has 0 fully saturated rings. The van der Waals surface area contributed by atoms with Gasteiger partial charge < -0.3 is 5.32 Å². The SMILES string of the molecule is CC(=O)c1cccc(NCCn2nc3ccccn3c2=O)c1. The lowest BCUT2D eigenvalue weighted by molar-refractivity contribution is 0.101. The van der Waals surface area contributed by atoms with Gasteiger partial charge in [0.2, 0.25) is 0 Å². The zero-order valence-corrected chi connectivity index (χ0v) is 12.2. The molecule has 6 heteroatoms. The third-order valence-corrected chi connectivity index (χ3v) is 3.41. The molecular formula is C16H16N4O2. The number of aromatic nitrogens is 3. The number of hydrogen-bond donors (Lipinski definition) is 1. The Kier molecular flexibility index (Phi) is 3.74. The third kappa shape index (κ3) is 2.76. The second-order valence-electron chi connectivity index (χ2n) is 5.00. The van der Waals surface area contributed by atoms with E-state index in [-0.39, 0.29) is 11.5 Å². The second kappa shape index (κ2) is 5.85. The lowest BCUT2D eigenvalue weighted by Crippen LogP contribution is -2.24. The van der Waals surface area contributed by atoms with Gasteiger partial charge in [0.15, 0.2) is 11.4 Å². The minimum atomic E-state index is -0.158. The Morgan fingerprint density at radius 3 is 2.86 bits per heavy atom. The fraction of sp³-hybridized carbons (Fsp3) is 0.188. The predicted molar refractivity (Wildman–Crippen MR) is 84.4 cm³/mol. The van der Waals surface area contributed by atoms with Crippen LogP contribution in [0.25, 0.3) is 5.65 Å². The zero-order chi connectivity index (χ0) is 15.5. The van der Waals surface area contributed by atoms with Crippen molar-refractivity contribution in [3.05, 3.63) is 64.7 Å². The molecule has 3 rings (SSSR count). The Morgan fingerprint density at radius 2 is 2.09 bits per heavy atom. The fourth-order valence-corrected chi connectivity index (χ4v) is 2.27. The summed E-state index contributed by atoms with van der Waals surface area (Å²) in [5, 5.41) is 7.46. The molecule has 0 saturated carbocycles. The molecule has 0 bridgehead atoms. The molecule has 112 valence electrons. The van der Waals surface area contributed by atoms with E-state index in [1.165, 1.54) is 16.0 Å². The smallest absolute Gasteiger partial charge is 0.350 e. The number of nitrogens with one attached hydrogen (secondary N) is 1. The van der Waals surface area contributed by atoms with Crippen LogP contribution in [0.2, 0.25) is 0 Å². The van der Waals surface area contributed by atoms with E-state index >= 15 is 0 Å². The van der Waals surface area contributed by atoms with Crippen molar-refractivity contribution in [2.75, 3.05) is 11.9 Å². The molecule has 0 aliphatic heterocycles. The maximum absolute atomic E-state index is 12.1. The van der Waals surface area contributed by atoms with Crippen LogP contribution in [-0.4, -0.2) is 26.5 Å². The number of Topliss-reactive ketones (excluding diaryl/α,β-unsaturated/α-hetero) is 1. The highest BCUT2D eigenvalue weighted by Gasteiger charge is 2.05. The van der Waals surface area contributed by atoms with Crippen LogP contribution in [-0.2, 0) is 6.54 Å². The molecule has 0 amide bonds. The molecule has 2 heterocycles. The molecule has 2 aromatic heterocycles. The monoisotopic (exact) mass is 296 g/mol. The number of fused-ring (bicyclic) bond motifs is 1. The number of pyridine rings is 1. The van der Waals surface area contributed by atoms with Gasteiger partial charge in [-0.05, 0) is 31.2 Å². The summed E-state index contributed by atoms with van der Waals surface area (Å²) >= 11 is 0. The summed E-state index contributed by atoms with van der Waals surface area (Å²) in [4.78, 5) is 23.5. The molecule has 3 aromatic rings. The molecule has 1 aromatic carbocycles. The summed E-state index contributed by atoms with van der Waals surface area (Å²) < 4.78 is 2.94. The van der Waals surface area contributed by atoms with Crippen molar-refractivity contribution in [1.82, 2.24) is 14.2 Å². The van der Waals surface area contributed by atoms with Crippen LogP contribution >= 0.6 is 0 Å². The summed E-state index contributed by atoms with van der Waals surface area (Å²) in [6, 6.07) is 12.7. The summed E-state index contributed by atoms with van der Waals surface area (Å²) in [5.74, 6) is 0.0280. The average Bonchev–Trinajstić information content (AvgIpc) is 2.85. The molecule has 0 aliphatic rings. The zero-order valence-electron chi connectivity index (χ0n) is 12.2. The number of anilines is 1. The summed E-state index contributed by atoms with van der Waals surface area (Å²) in [7, 11) is 0. The minimum absolute atomic E-state index is 0.0280. The van der Waals surface area contributed by atoms with Gasteiger partial charge in [0.1, 0.15) is 0 Å². The second-order valence-corrected chi connectivity index (χ2v) is 5.00. The van der Waals surface area contributed by atoms with Crippen LogP contribution in [0.4, 0.5) is 5.69 Å². The van der Waals surface area contributed by atoms with Crippen LogP contribution in [0.15, 0.2) is 53.5 Å². The number of hydrogen-bond acceptors (Lipinski definition) is 4. The number of benzene rings is 1. The Bertz CT molecular complexity index is 879. The van der Waals surface area contributed by atoms with E-state index in [2.05, 4.69) is 10.4 Å². The average molecular weight is 296 g/mol. The minimum Gasteiger partial charge on any atom is -0.383 e. The van der Waals surface area contributed by atoms with Gasteiger partial charge in [-0.3, -0.25) is 9.20 Å².